The average Bonchev–Trinajstić information content (AvgIpc) is 2.76. The van der Waals surface area contributed by atoms with Gasteiger partial charge >= 0.3 is 5.97 Å². The van der Waals surface area contributed by atoms with E-state index in [1.807, 2.05) is 37.3 Å². The molecule has 0 saturated heterocycles. The molecule has 1 aromatic carbocycles. The second-order valence-electron chi connectivity index (χ2n) is 5.51. The van der Waals surface area contributed by atoms with Crippen LogP contribution in [0.3, 0.4) is 0 Å². The number of hydrogen-bond donors (Lipinski definition) is 0. The summed E-state index contributed by atoms with van der Waals surface area (Å²) in [6.07, 6.45) is 1.22. The maximum atomic E-state index is 12.4. The number of hydrogen-bond acceptors (Lipinski definition) is 3. The number of alkyl halides is 1. The van der Waals surface area contributed by atoms with Crippen LogP contribution in [0.5, 0.6) is 0 Å². The lowest BCUT2D eigenvalue weighted by molar-refractivity contribution is -0.139. The van der Waals surface area contributed by atoms with Gasteiger partial charge in [0.25, 0.3) is 0 Å². The quantitative estimate of drug-likeness (QED) is 0.451. The molecule has 2 aliphatic rings. The fraction of sp³-hybridized carbons (Fsp3) is 0.375. The Balaban J connectivity index is 2.02. The Morgan fingerprint density at radius 2 is 1.95 bits per heavy atom. The highest BCUT2D eigenvalue weighted by Crippen LogP contribution is 2.42. The van der Waals surface area contributed by atoms with Crippen molar-refractivity contribution in [2.75, 3.05) is 0 Å². The van der Waals surface area contributed by atoms with E-state index >= 15 is 0 Å². The molecule has 1 heterocycles. The minimum Gasteiger partial charge on any atom is -0.405 e. The highest BCUT2D eigenvalue weighted by molar-refractivity contribution is 6.25. The standard InChI is InChI=1S/C16H16ClNO2/c1-10-8-13(17)16(9-11(10)2)15(19)20-14(18-16)12-6-4-3-5-7-12/h3-7,13H,8-9H2,1-2H3/t13-,16-/m0/s1. The van der Waals surface area contributed by atoms with Crippen molar-refractivity contribution < 1.29 is 9.53 Å². The number of aliphatic imine (C=N–C) groups is 1. The third-order valence-corrected chi connectivity index (χ3v) is 4.65. The predicted octanol–water partition coefficient (Wildman–Crippen LogP) is 3.47. The second-order valence-corrected chi connectivity index (χ2v) is 6.03. The first kappa shape index (κ1) is 13.4. The molecule has 1 aromatic rings. The van der Waals surface area contributed by atoms with Crippen LogP contribution in [-0.4, -0.2) is 22.8 Å². The zero-order valence-corrected chi connectivity index (χ0v) is 12.3. The number of carbonyl (C=O) groups is 1. The molecule has 1 spiro atoms. The van der Waals surface area contributed by atoms with Gasteiger partial charge in [0.15, 0.2) is 5.54 Å². The third-order valence-electron chi connectivity index (χ3n) is 4.13. The molecule has 2 atom stereocenters. The summed E-state index contributed by atoms with van der Waals surface area (Å²) < 4.78 is 5.40. The highest BCUT2D eigenvalue weighted by atomic mass is 35.5. The fourth-order valence-electron chi connectivity index (χ4n) is 2.72. The van der Waals surface area contributed by atoms with Gasteiger partial charge in [-0.05, 0) is 32.4 Å². The molecule has 104 valence electrons. The molecule has 0 fully saturated rings. The van der Waals surface area contributed by atoms with E-state index in [0.717, 1.165) is 5.56 Å². The van der Waals surface area contributed by atoms with Crippen LogP contribution in [0, 0.1) is 0 Å². The van der Waals surface area contributed by atoms with Gasteiger partial charge in [0, 0.05) is 12.0 Å². The molecule has 0 aromatic heterocycles. The van der Waals surface area contributed by atoms with E-state index in [0.29, 0.717) is 18.7 Å². The topological polar surface area (TPSA) is 38.7 Å². The number of nitrogens with zero attached hydrogens (tertiary/aromatic N) is 1. The van der Waals surface area contributed by atoms with E-state index < -0.39 is 5.54 Å². The summed E-state index contributed by atoms with van der Waals surface area (Å²) in [7, 11) is 0. The van der Waals surface area contributed by atoms with E-state index in [9.17, 15) is 4.79 Å². The van der Waals surface area contributed by atoms with Crippen molar-refractivity contribution >= 4 is 23.5 Å². The normalized spacial score (nSPS) is 29.6. The van der Waals surface area contributed by atoms with E-state index in [-0.39, 0.29) is 11.3 Å². The molecule has 1 aliphatic heterocycles. The van der Waals surface area contributed by atoms with E-state index in [1.54, 1.807) is 0 Å². The largest absolute Gasteiger partial charge is 0.405 e. The summed E-state index contributed by atoms with van der Waals surface area (Å²) in [5, 5.41) is -0.347. The summed E-state index contributed by atoms with van der Waals surface area (Å²) in [5.74, 6) is 0.0526. The number of carbonyl (C=O) groups excluding carboxylic acids is 1. The maximum absolute atomic E-state index is 12.4. The molecule has 0 radical (unpaired) electrons. The summed E-state index contributed by atoms with van der Waals surface area (Å²) in [5.41, 5.74) is 2.28. The SMILES string of the molecule is CC1=C(C)C[C@]2(N=C(c3ccccc3)OC2=O)[C@@H](Cl)C1. The van der Waals surface area contributed by atoms with Crippen molar-refractivity contribution in [3.8, 4) is 0 Å². The summed E-state index contributed by atoms with van der Waals surface area (Å²) in [6, 6.07) is 9.46. The molecule has 0 N–H and O–H groups in total. The van der Waals surface area contributed by atoms with Crippen molar-refractivity contribution in [2.24, 2.45) is 4.99 Å². The van der Waals surface area contributed by atoms with Gasteiger partial charge in [0.1, 0.15) is 0 Å². The zero-order valence-electron chi connectivity index (χ0n) is 11.5. The van der Waals surface area contributed by atoms with E-state index in [1.165, 1.54) is 11.1 Å². The molecule has 0 amide bonds. The molecule has 3 rings (SSSR count). The molecule has 20 heavy (non-hydrogen) atoms. The summed E-state index contributed by atoms with van der Waals surface area (Å²) in [6.45, 7) is 4.09. The molecule has 0 bridgehead atoms. The molecular formula is C16H16ClNO2. The van der Waals surface area contributed by atoms with Gasteiger partial charge in [-0.1, -0.05) is 29.3 Å². The Morgan fingerprint density at radius 3 is 2.65 bits per heavy atom. The van der Waals surface area contributed by atoms with Crippen molar-refractivity contribution in [3.05, 3.63) is 47.0 Å². The molecule has 3 nitrogen and oxygen atoms in total. The van der Waals surface area contributed by atoms with Crippen LogP contribution in [0.25, 0.3) is 0 Å². The second kappa shape index (κ2) is 4.74. The van der Waals surface area contributed by atoms with Crippen LogP contribution in [0.15, 0.2) is 46.5 Å². The minimum atomic E-state index is -0.948. The smallest absolute Gasteiger partial charge is 0.342 e. The van der Waals surface area contributed by atoms with Gasteiger partial charge in [0.05, 0.1) is 5.38 Å². The predicted molar refractivity (Wildman–Crippen MR) is 79.1 cm³/mol. The van der Waals surface area contributed by atoms with E-state index in [4.69, 9.17) is 16.3 Å². The van der Waals surface area contributed by atoms with Gasteiger partial charge in [-0.3, -0.25) is 0 Å². The number of cyclic esters (lactones) is 1. The molecule has 0 saturated carbocycles. The van der Waals surface area contributed by atoms with Crippen LogP contribution in [0.2, 0.25) is 0 Å². The number of rotatable bonds is 1. The molecular weight excluding hydrogens is 274 g/mol. The van der Waals surface area contributed by atoms with Crippen molar-refractivity contribution in [2.45, 2.75) is 37.6 Å². The van der Waals surface area contributed by atoms with Crippen molar-refractivity contribution in [3.63, 3.8) is 0 Å². The Hall–Kier alpha value is -1.61. The molecule has 4 heteroatoms. The molecule has 0 unspecified atom stereocenters. The summed E-state index contributed by atoms with van der Waals surface area (Å²) in [4.78, 5) is 16.9. The Kier molecular flexibility index (Phi) is 3.17. The van der Waals surface area contributed by atoms with Gasteiger partial charge in [-0.25, -0.2) is 9.79 Å². The zero-order chi connectivity index (χ0) is 14.3. The first-order valence-electron chi connectivity index (χ1n) is 6.70. The number of halogens is 1. The monoisotopic (exact) mass is 289 g/mol. The number of allylic oxidation sites excluding steroid dienone is 1. The average molecular weight is 290 g/mol. The van der Waals surface area contributed by atoms with E-state index in [2.05, 4.69) is 11.9 Å². The van der Waals surface area contributed by atoms with Crippen LogP contribution in [-0.2, 0) is 9.53 Å². The summed E-state index contributed by atoms with van der Waals surface area (Å²) >= 11 is 6.45. The van der Waals surface area contributed by atoms with Crippen LogP contribution < -0.4 is 0 Å². The van der Waals surface area contributed by atoms with Gasteiger partial charge in [0.2, 0.25) is 5.90 Å². The number of benzene rings is 1. The van der Waals surface area contributed by atoms with Crippen LogP contribution >= 0.6 is 11.6 Å². The maximum Gasteiger partial charge on any atom is 0.342 e. The van der Waals surface area contributed by atoms with Crippen molar-refractivity contribution in [1.82, 2.24) is 0 Å². The van der Waals surface area contributed by atoms with Crippen LogP contribution in [0.1, 0.15) is 32.3 Å². The van der Waals surface area contributed by atoms with Gasteiger partial charge < -0.3 is 4.74 Å². The Morgan fingerprint density at radius 1 is 1.25 bits per heavy atom. The van der Waals surface area contributed by atoms with Crippen molar-refractivity contribution in [1.29, 1.82) is 0 Å². The van der Waals surface area contributed by atoms with Gasteiger partial charge in [-0.2, -0.15) is 0 Å². The Bertz CT molecular complexity index is 621. The first-order valence-corrected chi connectivity index (χ1v) is 7.13. The number of ether oxygens (including phenoxy) is 1. The lowest BCUT2D eigenvalue weighted by Crippen LogP contribution is -2.45. The third kappa shape index (κ3) is 1.97. The minimum absolute atomic E-state index is 0.330. The Labute approximate surface area is 123 Å². The lowest BCUT2D eigenvalue weighted by atomic mass is 9.79. The number of esters is 1. The first-order chi connectivity index (χ1) is 9.53. The highest BCUT2D eigenvalue weighted by Gasteiger charge is 2.53. The fourth-order valence-corrected chi connectivity index (χ4v) is 3.16. The molecule has 1 aliphatic carbocycles. The lowest BCUT2D eigenvalue weighted by Gasteiger charge is -2.32. The van der Waals surface area contributed by atoms with Gasteiger partial charge in [-0.15, -0.1) is 11.6 Å². The van der Waals surface area contributed by atoms with Crippen LogP contribution in [0.4, 0.5) is 0 Å².